The van der Waals surface area contributed by atoms with E-state index in [2.05, 4.69) is 39.9 Å². The summed E-state index contributed by atoms with van der Waals surface area (Å²) in [6.45, 7) is 7.93. The Kier molecular flexibility index (Phi) is 12.8. The molecule has 4 rings (SSSR count). The Labute approximate surface area is 247 Å². The van der Waals surface area contributed by atoms with Crippen LogP contribution < -0.4 is 20.9 Å². The Balaban J connectivity index is 0.000000384. The molecule has 0 radical (unpaired) electrons. The van der Waals surface area contributed by atoms with Gasteiger partial charge in [-0.3, -0.25) is 4.79 Å². The van der Waals surface area contributed by atoms with Crippen molar-refractivity contribution in [3.05, 3.63) is 64.2 Å². The number of carboxylic acids is 2. The van der Waals surface area contributed by atoms with E-state index in [1.165, 1.54) is 11.3 Å². The van der Waals surface area contributed by atoms with Crippen LogP contribution in [0.5, 0.6) is 0 Å². The molecule has 1 fully saturated rings. The van der Waals surface area contributed by atoms with Gasteiger partial charge in [-0.05, 0) is 66.9 Å². The van der Waals surface area contributed by atoms with Gasteiger partial charge in [-0.2, -0.15) is 26.3 Å². The molecule has 43 heavy (non-hydrogen) atoms. The molecule has 2 heterocycles. The molecule has 9 nitrogen and oxygen atoms in total. The summed E-state index contributed by atoms with van der Waals surface area (Å²) in [5.41, 5.74) is 6.02. The first kappa shape index (κ1) is 35.4. The van der Waals surface area contributed by atoms with Crippen molar-refractivity contribution in [1.82, 2.24) is 10.6 Å². The number of anilines is 2. The van der Waals surface area contributed by atoms with Crippen LogP contribution in [0.25, 0.3) is 5.57 Å². The summed E-state index contributed by atoms with van der Waals surface area (Å²) in [4.78, 5) is 33.0. The van der Waals surface area contributed by atoms with E-state index in [9.17, 15) is 31.1 Å². The summed E-state index contributed by atoms with van der Waals surface area (Å²) in [5, 5.41) is 24.4. The molecule has 2 aliphatic rings. The van der Waals surface area contributed by atoms with Crippen LogP contribution in [0, 0.1) is 6.92 Å². The molecule has 0 aliphatic carbocycles. The van der Waals surface area contributed by atoms with Gasteiger partial charge in [-0.15, -0.1) is 0 Å². The standard InChI is InChI=1S/C23H27ClN4O.2C2HF3O2/c1-16-14-19(3-5-22(16)28-12-10-26-11-13-28)27-23(29)20-4-2-18(15-21(20)24)17-6-8-25-9-7-17;2*3-2(4,5)1(6)7/h2-6,14-15,25-26H,7-13H2,1H3,(H,27,29);2*(H,6,7). The van der Waals surface area contributed by atoms with Gasteiger partial charge in [0, 0.05) is 44.1 Å². The molecule has 0 bridgehead atoms. The summed E-state index contributed by atoms with van der Waals surface area (Å²) < 4.78 is 63.5. The number of rotatable bonds is 4. The Morgan fingerprint density at radius 1 is 0.884 bits per heavy atom. The zero-order chi connectivity index (χ0) is 32.4. The van der Waals surface area contributed by atoms with Crippen LogP contribution in [0.4, 0.5) is 37.7 Å². The summed E-state index contributed by atoms with van der Waals surface area (Å²) in [7, 11) is 0. The van der Waals surface area contributed by atoms with Gasteiger partial charge in [0.2, 0.25) is 0 Å². The number of carbonyl (C=O) groups is 3. The molecular weight excluding hydrogens is 610 g/mol. The van der Waals surface area contributed by atoms with Crippen LogP contribution in [0.3, 0.4) is 0 Å². The lowest BCUT2D eigenvalue weighted by Crippen LogP contribution is -2.43. The monoisotopic (exact) mass is 638 g/mol. The molecule has 0 atom stereocenters. The number of hydrogen-bond donors (Lipinski definition) is 5. The molecule has 1 amide bonds. The van der Waals surface area contributed by atoms with Gasteiger partial charge in [0.15, 0.2) is 0 Å². The summed E-state index contributed by atoms with van der Waals surface area (Å²) in [6, 6.07) is 11.8. The summed E-state index contributed by atoms with van der Waals surface area (Å²) in [5.74, 6) is -5.70. The second-order valence-corrected chi connectivity index (χ2v) is 9.58. The third-order valence-electron chi connectivity index (χ3n) is 6.05. The van der Waals surface area contributed by atoms with E-state index in [1.54, 1.807) is 0 Å². The van der Waals surface area contributed by atoms with Crippen molar-refractivity contribution in [2.75, 3.05) is 49.5 Å². The number of nitrogens with one attached hydrogen (secondary N) is 3. The third-order valence-corrected chi connectivity index (χ3v) is 6.36. The van der Waals surface area contributed by atoms with Gasteiger partial charge >= 0.3 is 24.3 Å². The maximum absolute atomic E-state index is 12.8. The van der Waals surface area contributed by atoms with Crippen LogP contribution in [0.15, 0.2) is 42.5 Å². The van der Waals surface area contributed by atoms with Crippen molar-refractivity contribution in [2.45, 2.75) is 25.7 Å². The third kappa shape index (κ3) is 11.4. The van der Waals surface area contributed by atoms with Crippen LogP contribution in [-0.2, 0) is 9.59 Å². The molecule has 0 saturated carbocycles. The molecule has 236 valence electrons. The van der Waals surface area contributed by atoms with E-state index in [-0.39, 0.29) is 5.91 Å². The van der Waals surface area contributed by atoms with Crippen LogP contribution in [0.1, 0.15) is 27.9 Å². The van der Waals surface area contributed by atoms with Crippen molar-refractivity contribution in [1.29, 1.82) is 0 Å². The molecule has 0 spiro atoms. The van der Waals surface area contributed by atoms with Gasteiger partial charge in [0.05, 0.1) is 10.6 Å². The summed E-state index contributed by atoms with van der Waals surface area (Å²) >= 11 is 6.45. The zero-order valence-electron chi connectivity index (χ0n) is 22.7. The minimum absolute atomic E-state index is 0.185. The van der Waals surface area contributed by atoms with E-state index in [0.717, 1.165) is 62.5 Å². The van der Waals surface area contributed by atoms with Crippen molar-refractivity contribution < 1.29 is 50.9 Å². The number of carboxylic acid groups (broad SMARTS) is 2. The second-order valence-electron chi connectivity index (χ2n) is 9.18. The number of aliphatic carboxylic acids is 2. The smallest absolute Gasteiger partial charge is 0.475 e. The van der Waals surface area contributed by atoms with E-state index >= 15 is 0 Å². The molecule has 0 aromatic heterocycles. The molecule has 2 aromatic rings. The Hall–Kier alpha value is -3.82. The van der Waals surface area contributed by atoms with Gasteiger partial charge in [0.25, 0.3) is 5.91 Å². The number of aryl methyl sites for hydroxylation is 1. The fourth-order valence-electron chi connectivity index (χ4n) is 3.98. The van der Waals surface area contributed by atoms with Gasteiger partial charge in [-0.25, -0.2) is 9.59 Å². The number of alkyl halides is 6. The molecule has 16 heteroatoms. The van der Waals surface area contributed by atoms with E-state index in [1.807, 2.05) is 30.3 Å². The number of hydrogen-bond acceptors (Lipinski definition) is 6. The maximum atomic E-state index is 12.8. The highest BCUT2D eigenvalue weighted by Crippen LogP contribution is 2.28. The molecule has 0 unspecified atom stereocenters. The normalized spacial score (nSPS) is 15.2. The molecule has 2 aliphatic heterocycles. The summed E-state index contributed by atoms with van der Waals surface area (Å²) in [6.07, 6.45) is -7.02. The van der Waals surface area contributed by atoms with Crippen LogP contribution in [-0.4, -0.2) is 79.7 Å². The van der Waals surface area contributed by atoms with Crippen molar-refractivity contribution in [2.24, 2.45) is 0 Å². The average Bonchev–Trinajstić information content (AvgIpc) is 2.93. The van der Waals surface area contributed by atoms with Gasteiger partial charge in [-0.1, -0.05) is 23.7 Å². The Morgan fingerprint density at radius 2 is 1.47 bits per heavy atom. The fraction of sp³-hybridized carbons (Fsp3) is 0.370. The zero-order valence-corrected chi connectivity index (χ0v) is 23.5. The SMILES string of the molecule is Cc1cc(NC(=O)c2ccc(C3=CCNCC3)cc2Cl)ccc1N1CCNCC1.O=C(O)C(F)(F)F.O=C(O)C(F)(F)F. The number of piperazine rings is 1. The van der Waals surface area contributed by atoms with E-state index < -0.39 is 24.3 Å². The lowest BCUT2D eigenvalue weighted by atomic mass is 9.99. The van der Waals surface area contributed by atoms with Gasteiger partial charge < -0.3 is 31.1 Å². The number of nitrogens with zero attached hydrogens (tertiary/aromatic N) is 1. The van der Waals surface area contributed by atoms with Gasteiger partial charge in [0.1, 0.15) is 0 Å². The highest BCUT2D eigenvalue weighted by molar-refractivity contribution is 6.34. The van der Waals surface area contributed by atoms with Crippen molar-refractivity contribution in [3.63, 3.8) is 0 Å². The quantitative estimate of drug-likeness (QED) is 0.297. The van der Waals surface area contributed by atoms with Crippen molar-refractivity contribution >= 4 is 46.4 Å². The second kappa shape index (κ2) is 15.6. The largest absolute Gasteiger partial charge is 0.490 e. The highest BCUT2D eigenvalue weighted by atomic mass is 35.5. The Morgan fingerprint density at radius 3 is 1.93 bits per heavy atom. The van der Waals surface area contributed by atoms with Crippen LogP contribution in [0.2, 0.25) is 5.02 Å². The fourth-order valence-corrected chi connectivity index (χ4v) is 4.24. The minimum Gasteiger partial charge on any atom is -0.475 e. The lowest BCUT2D eigenvalue weighted by molar-refractivity contribution is -0.193. The van der Waals surface area contributed by atoms with Crippen molar-refractivity contribution in [3.8, 4) is 0 Å². The number of amides is 1. The predicted octanol–water partition coefficient (Wildman–Crippen LogP) is 4.95. The number of benzene rings is 2. The Bertz CT molecular complexity index is 1300. The van der Waals surface area contributed by atoms with E-state index in [4.69, 9.17) is 31.4 Å². The van der Waals surface area contributed by atoms with Crippen LogP contribution >= 0.6 is 11.6 Å². The highest BCUT2D eigenvalue weighted by Gasteiger charge is 2.38. The topological polar surface area (TPSA) is 131 Å². The number of carbonyl (C=O) groups excluding carboxylic acids is 1. The van der Waals surface area contributed by atoms with E-state index in [0.29, 0.717) is 10.6 Å². The molecule has 2 aromatic carbocycles. The maximum Gasteiger partial charge on any atom is 0.490 e. The average molecular weight is 639 g/mol. The molecule has 5 N–H and O–H groups in total. The lowest BCUT2D eigenvalue weighted by Gasteiger charge is -2.30. The first-order chi connectivity index (χ1) is 20.0. The molecule has 1 saturated heterocycles. The first-order valence-corrected chi connectivity index (χ1v) is 13.1. The number of halogens is 7. The molecular formula is C27H29ClF6N4O5. The minimum atomic E-state index is -5.08. The first-order valence-electron chi connectivity index (χ1n) is 12.7. The predicted molar refractivity (Wildman–Crippen MR) is 149 cm³/mol.